The van der Waals surface area contributed by atoms with Crippen molar-refractivity contribution in [3.8, 4) is 0 Å². The van der Waals surface area contributed by atoms with Crippen molar-refractivity contribution in [2.75, 3.05) is 33.3 Å². The molecule has 0 saturated carbocycles. The van der Waals surface area contributed by atoms with Gasteiger partial charge in [0.15, 0.2) is 0 Å². The van der Waals surface area contributed by atoms with E-state index in [1.807, 2.05) is 0 Å². The molecule has 1 unspecified atom stereocenters. The van der Waals surface area contributed by atoms with Crippen molar-refractivity contribution in [3.63, 3.8) is 0 Å². The fourth-order valence-corrected chi connectivity index (χ4v) is 3.66. The van der Waals surface area contributed by atoms with Crippen molar-refractivity contribution in [1.82, 2.24) is 19.4 Å². The lowest BCUT2D eigenvalue weighted by Gasteiger charge is -2.29. The highest BCUT2D eigenvalue weighted by Gasteiger charge is 2.21. The van der Waals surface area contributed by atoms with E-state index >= 15 is 0 Å². The minimum atomic E-state index is -3.50. The van der Waals surface area contributed by atoms with E-state index in [4.69, 9.17) is 5.11 Å². The summed E-state index contributed by atoms with van der Waals surface area (Å²) in [6.07, 6.45) is 5.59. The number of likely N-dealkylation sites (tertiary alicyclic amines) is 1. The fraction of sp³-hybridized carbons (Fsp3) is 0.769. The summed E-state index contributed by atoms with van der Waals surface area (Å²) in [5.74, 6) is 0.364. The smallest absolute Gasteiger partial charge is 0.243 e. The fourth-order valence-electron chi connectivity index (χ4n) is 2.59. The van der Waals surface area contributed by atoms with Crippen LogP contribution in [0.1, 0.15) is 19.3 Å². The minimum Gasteiger partial charge on any atom is -0.396 e. The predicted octanol–water partition coefficient (Wildman–Crippen LogP) is -0.114. The van der Waals surface area contributed by atoms with Crippen LogP contribution >= 0.6 is 0 Å². The van der Waals surface area contributed by atoms with Gasteiger partial charge in [-0.15, -0.1) is 0 Å². The molecule has 2 heterocycles. The van der Waals surface area contributed by atoms with E-state index in [2.05, 4.69) is 21.8 Å². The van der Waals surface area contributed by atoms with Crippen LogP contribution in [0.4, 0.5) is 0 Å². The molecule has 0 aromatic carbocycles. The summed E-state index contributed by atoms with van der Waals surface area (Å²) in [5, 5.41) is 12.8. The van der Waals surface area contributed by atoms with E-state index in [0.717, 1.165) is 25.9 Å². The summed E-state index contributed by atoms with van der Waals surface area (Å²) in [6, 6.07) is 0. The van der Waals surface area contributed by atoms with Gasteiger partial charge in [0.25, 0.3) is 0 Å². The first kappa shape index (κ1) is 16.4. The van der Waals surface area contributed by atoms with Crippen molar-refractivity contribution in [2.45, 2.75) is 30.7 Å². The van der Waals surface area contributed by atoms with Crippen LogP contribution in [0.2, 0.25) is 0 Å². The van der Waals surface area contributed by atoms with Gasteiger partial charge in [-0.3, -0.25) is 4.68 Å². The van der Waals surface area contributed by atoms with E-state index in [-0.39, 0.29) is 11.5 Å². The van der Waals surface area contributed by atoms with E-state index < -0.39 is 10.0 Å². The van der Waals surface area contributed by atoms with E-state index in [0.29, 0.717) is 25.4 Å². The molecule has 0 bridgehead atoms. The third-order valence-electron chi connectivity index (χ3n) is 3.75. The minimum absolute atomic E-state index is 0.0649. The van der Waals surface area contributed by atoms with Gasteiger partial charge in [-0.25, -0.2) is 13.1 Å². The normalized spacial score (nSPS) is 20.8. The summed E-state index contributed by atoms with van der Waals surface area (Å²) in [7, 11) is -1.43. The average Bonchev–Trinajstić information content (AvgIpc) is 2.93. The number of hydrogen-bond acceptors (Lipinski definition) is 5. The van der Waals surface area contributed by atoms with Crippen LogP contribution in [0.25, 0.3) is 0 Å². The van der Waals surface area contributed by atoms with Crippen LogP contribution in [0.15, 0.2) is 17.3 Å². The van der Waals surface area contributed by atoms with Crippen molar-refractivity contribution >= 4 is 10.0 Å². The highest BCUT2D eigenvalue weighted by Crippen LogP contribution is 2.15. The monoisotopic (exact) mass is 316 g/mol. The van der Waals surface area contributed by atoms with Gasteiger partial charge in [0.1, 0.15) is 4.90 Å². The van der Waals surface area contributed by atoms with Crippen molar-refractivity contribution < 1.29 is 13.5 Å². The van der Waals surface area contributed by atoms with Crippen LogP contribution in [-0.4, -0.2) is 61.5 Å². The molecule has 2 rings (SSSR count). The predicted molar refractivity (Wildman–Crippen MR) is 79.3 cm³/mol. The molecule has 1 aliphatic heterocycles. The maximum absolute atomic E-state index is 12.2. The number of aliphatic hydroxyl groups is 1. The van der Waals surface area contributed by atoms with Gasteiger partial charge in [-0.2, -0.15) is 5.10 Å². The molecule has 7 nitrogen and oxygen atoms in total. The molecule has 120 valence electrons. The number of hydrogen-bond donors (Lipinski definition) is 2. The molecule has 1 aliphatic rings. The van der Waals surface area contributed by atoms with Gasteiger partial charge in [-0.05, 0) is 38.8 Å². The van der Waals surface area contributed by atoms with Crippen LogP contribution < -0.4 is 4.72 Å². The second kappa shape index (κ2) is 7.35. The average molecular weight is 316 g/mol. The molecule has 1 atom stereocenters. The van der Waals surface area contributed by atoms with Crippen LogP contribution in [0.3, 0.4) is 0 Å². The Morgan fingerprint density at radius 1 is 1.52 bits per heavy atom. The van der Waals surface area contributed by atoms with Crippen molar-refractivity contribution in [3.05, 3.63) is 12.4 Å². The number of aryl methyl sites for hydroxylation is 1. The lowest BCUT2D eigenvalue weighted by molar-refractivity contribution is 0.211. The molecular formula is C13H24N4O3S. The Balaban J connectivity index is 1.90. The van der Waals surface area contributed by atoms with Crippen molar-refractivity contribution in [1.29, 1.82) is 0 Å². The Labute approximate surface area is 126 Å². The van der Waals surface area contributed by atoms with E-state index in [9.17, 15) is 8.42 Å². The van der Waals surface area contributed by atoms with Crippen LogP contribution in [-0.2, 0) is 16.6 Å². The van der Waals surface area contributed by atoms with E-state index in [1.54, 1.807) is 4.68 Å². The van der Waals surface area contributed by atoms with Gasteiger partial charge in [0.2, 0.25) is 10.0 Å². The first-order chi connectivity index (χ1) is 10.0. The van der Waals surface area contributed by atoms with E-state index in [1.165, 1.54) is 12.4 Å². The summed E-state index contributed by atoms with van der Waals surface area (Å²) in [4.78, 5) is 2.42. The molecule has 1 saturated heterocycles. The largest absolute Gasteiger partial charge is 0.396 e. The zero-order chi connectivity index (χ0) is 15.3. The molecule has 1 aromatic rings. The van der Waals surface area contributed by atoms with Gasteiger partial charge >= 0.3 is 0 Å². The van der Waals surface area contributed by atoms with Crippen molar-refractivity contribution in [2.24, 2.45) is 5.92 Å². The lowest BCUT2D eigenvalue weighted by Crippen LogP contribution is -2.39. The molecule has 21 heavy (non-hydrogen) atoms. The Hall–Kier alpha value is -0.960. The molecular weight excluding hydrogens is 292 g/mol. The highest BCUT2D eigenvalue weighted by molar-refractivity contribution is 7.89. The standard InChI is InChI=1S/C13H24N4O3S/c1-16-5-2-4-12(10-16)8-15-21(19,20)13-9-14-17(11-13)6-3-7-18/h9,11-12,15,18H,2-8,10H2,1H3. The quantitative estimate of drug-likeness (QED) is 0.733. The van der Waals surface area contributed by atoms with Gasteiger partial charge in [0.05, 0.1) is 6.20 Å². The maximum Gasteiger partial charge on any atom is 0.243 e. The third kappa shape index (κ3) is 4.77. The molecule has 1 fully saturated rings. The first-order valence-corrected chi connectivity index (χ1v) is 8.81. The second-order valence-electron chi connectivity index (χ2n) is 5.64. The number of aliphatic hydroxyl groups excluding tert-OH is 1. The maximum atomic E-state index is 12.2. The van der Waals surface area contributed by atoms with Crippen LogP contribution in [0, 0.1) is 5.92 Å². The van der Waals surface area contributed by atoms with Gasteiger partial charge in [-0.1, -0.05) is 0 Å². The Morgan fingerprint density at radius 3 is 3.05 bits per heavy atom. The van der Waals surface area contributed by atoms with Gasteiger partial charge < -0.3 is 10.0 Å². The molecule has 1 aromatic heterocycles. The summed E-state index contributed by atoms with van der Waals surface area (Å²) >= 11 is 0. The number of rotatable bonds is 7. The molecule has 2 N–H and O–H groups in total. The Kier molecular flexibility index (Phi) is 5.74. The lowest BCUT2D eigenvalue weighted by atomic mass is 9.99. The third-order valence-corrected chi connectivity index (χ3v) is 5.13. The van der Waals surface area contributed by atoms with Gasteiger partial charge in [0, 0.05) is 32.4 Å². The molecule has 0 radical (unpaired) electrons. The molecule has 8 heteroatoms. The molecule has 0 amide bonds. The zero-order valence-corrected chi connectivity index (χ0v) is 13.2. The summed E-state index contributed by atoms with van der Waals surface area (Å²) < 4.78 is 28.7. The Morgan fingerprint density at radius 2 is 2.33 bits per heavy atom. The summed E-state index contributed by atoms with van der Waals surface area (Å²) in [5.41, 5.74) is 0. The molecule has 0 aliphatic carbocycles. The number of aromatic nitrogens is 2. The Bertz CT molecular complexity index is 543. The zero-order valence-electron chi connectivity index (χ0n) is 12.4. The number of sulfonamides is 1. The second-order valence-corrected chi connectivity index (χ2v) is 7.41. The SMILES string of the molecule is CN1CCCC(CNS(=O)(=O)c2cnn(CCCO)c2)C1. The highest BCUT2D eigenvalue weighted by atomic mass is 32.2. The first-order valence-electron chi connectivity index (χ1n) is 7.33. The summed E-state index contributed by atoms with van der Waals surface area (Å²) in [6.45, 7) is 3.06. The molecule has 0 spiro atoms. The van der Waals surface area contributed by atoms with Crippen LogP contribution in [0.5, 0.6) is 0 Å². The number of nitrogens with one attached hydrogen (secondary N) is 1. The number of nitrogens with zero attached hydrogens (tertiary/aromatic N) is 3. The number of piperidine rings is 1. The topological polar surface area (TPSA) is 87.5 Å².